The van der Waals surface area contributed by atoms with Gasteiger partial charge in [0.15, 0.2) is 4.90 Å². The van der Waals surface area contributed by atoms with Crippen molar-refractivity contribution in [3.63, 3.8) is 0 Å². The van der Waals surface area contributed by atoms with Crippen molar-refractivity contribution >= 4 is 39.6 Å². The fourth-order valence-electron chi connectivity index (χ4n) is 4.15. The summed E-state index contributed by atoms with van der Waals surface area (Å²) in [4.78, 5) is 33.9. The predicted molar refractivity (Wildman–Crippen MR) is 136 cm³/mol. The van der Waals surface area contributed by atoms with Crippen LogP contribution in [0.15, 0.2) is 96.0 Å². The van der Waals surface area contributed by atoms with Crippen LogP contribution in [-0.4, -0.2) is 57.3 Å². The number of hydrogen-bond acceptors (Lipinski definition) is 5. The second-order valence-electron chi connectivity index (χ2n) is 8.22. The maximum atomic E-state index is 13.0. The molecule has 3 aromatic carbocycles. The lowest BCUT2D eigenvalue weighted by Crippen LogP contribution is -2.50. The third kappa shape index (κ3) is 4.99. The zero-order valence-corrected chi connectivity index (χ0v) is 19.8. The molecule has 2 heterocycles. The van der Waals surface area contributed by atoms with Crippen LogP contribution in [-0.2, 0) is 11.4 Å². The zero-order chi connectivity index (χ0) is 24.2. The molecule has 4 aromatic rings. The van der Waals surface area contributed by atoms with Gasteiger partial charge in [-0.1, -0.05) is 36.4 Å². The van der Waals surface area contributed by atoms with Gasteiger partial charge in [-0.15, -0.1) is 0 Å². The molecule has 1 aliphatic heterocycles. The minimum absolute atomic E-state index is 0.0864. The Kier molecular flexibility index (Phi) is 6.65. The first-order valence-electron chi connectivity index (χ1n) is 11.4. The number of hydrogen-bond donors (Lipinski definition) is 1. The number of nitrogens with zero attached hydrogens (tertiary/aromatic N) is 3. The van der Waals surface area contributed by atoms with Crippen LogP contribution in [0.25, 0.3) is 10.8 Å². The largest absolute Gasteiger partial charge is 0.588 e. The standard InChI is InChI=1S/C27H24N4O3S/c32-26(30-16-18-31(19-17-30)27(33)24-9-3-4-15-28-24)21-11-13-22(14-12-21)29-35(34)25-10-5-7-20-6-1-2-8-23(20)25/h1-15,29H,16-19H2. The number of carbonyl (C=O) groups is 2. The smallest absolute Gasteiger partial charge is 0.272 e. The van der Waals surface area contributed by atoms with Crippen molar-refractivity contribution in [1.82, 2.24) is 14.8 Å². The summed E-state index contributed by atoms with van der Waals surface area (Å²) in [5.74, 6) is -0.205. The maximum absolute atomic E-state index is 13.0. The fourth-order valence-corrected chi connectivity index (χ4v) is 5.19. The van der Waals surface area contributed by atoms with Crippen LogP contribution in [0.2, 0.25) is 0 Å². The molecule has 0 aliphatic carbocycles. The first-order valence-corrected chi connectivity index (χ1v) is 12.5. The predicted octanol–water partition coefficient (Wildman–Crippen LogP) is 3.97. The molecule has 5 rings (SSSR count). The van der Waals surface area contributed by atoms with Gasteiger partial charge in [0.1, 0.15) is 17.1 Å². The highest BCUT2D eigenvalue weighted by Gasteiger charge is 2.26. The Morgan fingerprint density at radius 1 is 0.771 bits per heavy atom. The highest BCUT2D eigenvalue weighted by atomic mass is 32.2. The Balaban J connectivity index is 1.20. The van der Waals surface area contributed by atoms with Gasteiger partial charge in [0.2, 0.25) is 0 Å². The summed E-state index contributed by atoms with van der Waals surface area (Å²) in [5, 5.41) is 1.97. The molecular formula is C27H24N4O3S. The minimum Gasteiger partial charge on any atom is -0.588 e. The summed E-state index contributed by atoms with van der Waals surface area (Å²) in [6.45, 7) is 1.85. The number of aromatic nitrogens is 1. The Morgan fingerprint density at radius 2 is 1.43 bits per heavy atom. The van der Waals surface area contributed by atoms with Crippen molar-refractivity contribution in [1.29, 1.82) is 0 Å². The van der Waals surface area contributed by atoms with Gasteiger partial charge in [0.25, 0.3) is 11.8 Å². The summed E-state index contributed by atoms with van der Waals surface area (Å²) in [6, 6.07) is 25.8. The number of anilines is 1. The molecule has 0 radical (unpaired) electrons. The fraction of sp³-hybridized carbons (Fsp3) is 0.148. The average molecular weight is 485 g/mol. The molecule has 7 nitrogen and oxygen atoms in total. The van der Waals surface area contributed by atoms with E-state index in [1.807, 2.05) is 42.5 Å². The molecule has 176 valence electrons. The number of piperazine rings is 1. The van der Waals surface area contributed by atoms with Crippen molar-refractivity contribution in [3.8, 4) is 0 Å². The van der Waals surface area contributed by atoms with E-state index in [2.05, 4.69) is 9.71 Å². The first-order chi connectivity index (χ1) is 17.1. The number of fused-ring (bicyclic) bond motifs is 1. The number of pyridine rings is 1. The summed E-state index contributed by atoms with van der Waals surface area (Å²) < 4.78 is 16.0. The Bertz CT molecular complexity index is 1330. The summed E-state index contributed by atoms with van der Waals surface area (Å²) in [7, 11) is 0. The monoisotopic (exact) mass is 484 g/mol. The molecule has 1 unspecified atom stereocenters. The lowest BCUT2D eigenvalue weighted by Gasteiger charge is -2.34. The van der Waals surface area contributed by atoms with E-state index in [0.29, 0.717) is 48.0 Å². The van der Waals surface area contributed by atoms with Gasteiger partial charge in [-0.05, 0) is 53.9 Å². The molecule has 0 spiro atoms. The van der Waals surface area contributed by atoms with E-state index in [0.717, 1.165) is 10.8 Å². The van der Waals surface area contributed by atoms with Gasteiger partial charge in [0, 0.05) is 43.3 Å². The Morgan fingerprint density at radius 3 is 2.14 bits per heavy atom. The van der Waals surface area contributed by atoms with Crippen LogP contribution in [0.3, 0.4) is 0 Å². The molecule has 1 aromatic heterocycles. The van der Waals surface area contributed by atoms with Gasteiger partial charge in [-0.2, -0.15) is 0 Å². The maximum Gasteiger partial charge on any atom is 0.272 e. The quantitative estimate of drug-likeness (QED) is 0.433. The van der Waals surface area contributed by atoms with E-state index in [1.54, 1.807) is 58.5 Å². The van der Waals surface area contributed by atoms with Crippen molar-refractivity contribution < 1.29 is 14.1 Å². The summed E-state index contributed by atoms with van der Waals surface area (Å²) in [6.07, 6.45) is 1.60. The molecule has 1 fully saturated rings. The van der Waals surface area contributed by atoms with Crippen molar-refractivity contribution in [2.24, 2.45) is 0 Å². The number of rotatable bonds is 5. The molecule has 1 aliphatic rings. The van der Waals surface area contributed by atoms with Crippen LogP contribution in [0.1, 0.15) is 20.8 Å². The van der Waals surface area contributed by atoms with E-state index >= 15 is 0 Å². The van der Waals surface area contributed by atoms with Crippen molar-refractivity contribution in [2.75, 3.05) is 30.9 Å². The minimum atomic E-state index is -1.44. The van der Waals surface area contributed by atoms with E-state index in [9.17, 15) is 14.1 Å². The van der Waals surface area contributed by atoms with Crippen LogP contribution >= 0.6 is 0 Å². The first kappa shape index (κ1) is 22.9. The topological polar surface area (TPSA) is 88.6 Å². The van der Waals surface area contributed by atoms with E-state index in [1.165, 1.54) is 0 Å². The molecule has 0 saturated carbocycles. The SMILES string of the molecule is O=C(c1ccc(N[S+]([O-])c2cccc3ccccc23)cc1)N1CCN(C(=O)c2ccccn2)CC1. The van der Waals surface area contributed by atoms with E-state index < -0.39 is 11.4 Å². The Labute approximate surface area is 206 Å². The van der Waals surface area contributed by atoms with Crippen LogP contribution in [0, 0.1) is 0 Å². The summed E-state index contributed by atoms with van der Waals surface area (Å²) in [5.41, 5.74) is 1.63. The molecule has 2 amide bonds. The summed E-state index contributed by atoms with van der Waals surface area (Å²) >= 11 is -1.44. The molecule has 8 heteroatoms. The Hall–Kier alpha value is -3.88. The molecule has 0 bridgehead atoms. The highest BCUT2D eigenvalue weighted by molar-refractivity contribution is 7.93. The number of carbonyl (C=O) groups excluding carboxylic acids is 2. The van der Waals surface area contributed by atoms with Gasteiger partial charge in [-0.3, -0.25) is 14.6 Å². The average Bonchev–Trinajstić information content (AvgIpc) is 2.93. The van der Waals surface area contributed by atoms with Gasteiger partial charge in [-0.25, -0.2) is 4.72 Å². The molecule has 1 N–H and O–H groups in total. The van der Waals surface area contributed by atoms with Crippen LogP contribution < -0.4 is 4.72 Å². The lowest BCUT2D eigenvalue weighted by molar-refractivity contribution is 0.0532. The highest BCUT2D eigenvalue weighted by Crippen LogP contribution is 2.25. The van der Waals surface area contributed by atoms with Crippen LogP contribution in [0.5, 0.6) is 0 Å². The lowest BCUT2D eigenvalue weighted by atomic mass is 10.1. The number of amides is 2. The molecular weight excluding hydrogens is 460 g/mol. The third-order valence-electron chi connectivity index (χ3n) is 6.03. The van der Waals surface area contributed by atoms with Gasteiger partial charge >= 0.3 is 0 Å². The van der Waals surface area contributed by atoms with Crippen molar-refractivity contribution in [3.05, 3.63) is 102 Å². The normalized spacial score (nSPS) is 14.5. The number of benzene rings is 3. The van der Waals surface area contributed by atoms with E-state index in [4.69, 9.17) is 0 Å². The van der Waals surface area contributed by atoms with Gasteiger partial charge < -0.3 is 14.4 Å². The number of nitrogens with one attached hydrogen (secondary N) is 1. The second kappa shape index (κ2) is 10.2. The zero-order valence-electron chi connectivity index (χ0n) is 19.0. The molecule has 1 atom stereocenters. The van der Waals surface area contributed by atoms with Crippen LogP contribution in [0.4, 0.5) is 5.69 Å². The van der Waals surface area contributed by atoms with Gasteiger partial charge in [0.05, 0.1) is 5.69 Å². The third-order valence-corrected chi connectivity index (χ3v) is 7.21. The van der Waals surface area contributed by atoms with Crippen molar-refractivity contribution in [2.45, 2.75) is 4.90 Å². The molecule has 1 saturated heterocycles. The van der Waals surface area contributed by atoms with E-state index in [-0.39, 0.29) is 11.8 Å². The molecule has 35 heavy (non-hydrogen) atoms. The second-order valence-corrected chi connectivity index (χ2v) is 9.41.